The van der Waals surface area contributed by atoms with Crippen molar-refractivity contribution in [1.82, 2.24) is 0 Å². The molecule has 0 bridgehead atoms. The first kappa shape index (κ1) is 36.9. The number of hydrogen-bond donors (Lipinski definition) is 0. The van der Waals surface area contributed by atoms with Gasteiger partial charge in [-0.3, -0.25) is 0 Å². The Bertz CT molecular complexity index is 3290. The Hall–Kier alpha value is -7.94. The Balaban J connectivity index is 1.07. The van der Waals surface area contributed by atoms with Crippen LogP contribution in [0, 0.1) is 0 Å². The third-order valence-corrected chi connectivity index (χ3v) is 13.4. The van der Waals surface area contributed by atoms with E-state index in [4.69, 9.17) is 0 Å². The summed E-state index contributed by atoms with van der Waals surface area (Å²) in [6.45, 7) is 4.73. The van der Waals surface area contributed by atoms with Crippen LogP contribution in [0.2, 0.25) is 0 Å². The summed E-state index contributed by atoms with van der Waals surface area (Å²) in [4.78, 5) is 4.92. The van der Waals surface area contributed by atoms with Gasteiger partial charge in [-0.2, -0.15) is 0 Å². The fourth-order valence-electron chi connectivity index (χ4n) is 10.4. The summed E-state index contributed by atoms with van der Waals surface area (Å²) in [5, 5.41) is 2.44. The van der Waals surface area contributed by atoms with Gasteiger partial charge in [0.1, 0.15) is 0 Å². The van der Waals surface area contributed by atoms with Crippen LogP contribution >= 0.6 is 0 Å². The predicted molar refractivity (Wildman–Crippen MR) is 266 cm³/mol. The second kappa shape index (κ2) is 14.6. The minimum Gasteiger partial charge on any atom is -0.310 e. The van der Waals surface area contributed by atoms with E-state index < -0.39 is 0 Å². The average molecular weight is 805 g/mol. The molecule has 10 aromatic rings. The maximum Gasteiger partial charge on any atom is 0.0540 e. The predicted octanol–water partition coefficient (Wildman–Crippen LogP) is 17.1. The largest absolute Gasteiger partial charge is 0.310 e. The van der Waals surface area contributed by atoms with Gasteiger partial charge in [-0.1, -0.05) is 190 Å². The van der Waals surface area contributed by atoms with Crippen LogP contribution in [0.5, 0.6) is 0 Å². The normalized spacial score (nSPS) is 13.0. The molecular weight excluding hydrogens is 761 g/mol. The molecule has 1 aliphatic heterocycles. The van der Waals surface area contributed by atoms with Crippen LogP contribution in [0.1, 0.15) is 25.0 Å². The molecule has 63 heavy (non-hydrogen) atoms. The molecule has 1 heterocycles. The number of hydrogen-bond acceptors (Lipinski definition) is 2. The van der Waals surface area contributed by atoms with Crippen molar-refractivity contribution < 1.29 is 0 Å². The van der Waals surface area contributed by atoms with Crippen LogP contribution in [0.3, 0.4) is 0 Å². The Morgan fingerprint density at radius 3 is 1.48 bits per heavy atom. The van der Waals surface area contributed by atoms with Crippen LogP contribution in [-0.2, 0) is 5.41 Å². The first-order chi connectivity index (χ1) is 31.0. The van der Waals surface area contributed by atoms with Gasteiger partial charge >= 0.3 is 0 Å². The Kier molecular flexibility index (Phi) is 8.55. The fraction of sp³-hybridized carbons (Fsp3) is 0.0492. The Morgan fingerprint density at radius 1 is 0.349 bits per heavy atom. The molecule has 2 aliphatic rings. The first-order valence-corrected chi connectivity index (χ1v) is 21.9. The van der Waals surface area contributed by atoms with Crippen molar-refractivity contribution in [2.24, 2.45) is 0 Å². The smallest absolute Gasteiger partial charge is 0.0540 e. The lowest BCUT2D eigenvalue weighted by atomic mass is 9.82. The van der Waals surface area contributed by atoms with E-state index in [1.165, 1.54) is 77.5 Å². The molecule has 12 rings (SSSR count). The van der Waals surface area contributed by atoms with Crippen LogP contribution < -0.4 is 9.80 Å². The number of nitrogens with zero attached hydrogens (tertiary/aromatic N) is 2. The van der Waals surface area contributed by atoms with Crippen molar-refractivity contribution in [1.29, 1.82) is 0 Å². The molecule has 1 aliphatic carbocycles. The molecule has 2 nitrogen and oxygen atoms in total. The molecule has 0 atom stereocenters. The van der Waals surface area contributed by atoms with E-state index in [9.17, 15) is 0 Å². The maximum absolute atomic E-state index is 2.48. The van der Waals surface area contributed by atoms with Gasteiger partial charge in [-0.15, -0.1) is 0 Å². The molecule has 0 saturated heterocycles. The average Bonchev–Trinajstić information content (AvgIpc) is 3.57. The highest BCUT2D eigenvalue weighted by molar-refractivity contribution is 6.17. The van der Waals surface area contributed by atoms with Crippen LogP contribution in [0.15, 0.2) is 231 Å². The van der Waals surface area contributed by atoms with E-state index in [1.807, 2.05) is 0 Å². The van der Waals surface area contributed by atoms with Gasteiger partial charge in [0.25, 0.3) is 0 Å². The van der Waals surface area contributed by atoms with Gasteiger partial charge in [-0.05, 0) is 116 Å². The summed E-state index contributed by atoms with van der Waals surface area (Å²) in [6.07, 6.45) is 0. The molecule has 0 radical (unpaired) electrons. The van der Waals surface area contributed by atoms with E-state index in [0.717, 1.165) is 34.1 Å². The summed E-state index contributed by atoms with van der Waals surface area (Å²) in [5.41, 5.74) is 21.7. The molecule has 0 spiro atoms. The molecule has 2 heteroatoms. The Morgan fingerprint density at radius 2 is 0.825 bits per heavy atom. The lowest BCUT2D eigenvalue weighted by molar-refractivity contribution is 0.660. The molecular formula is C61H44N2. The van der Waals surface area contributed by atoms with Crippen molar-refractivity contribution in [2.75, 3.05) is 9.80 Å². The molecule has 0 fully saturated rings. The maximum atomic E-state index is 2.48. The van der Waals surface area contributed by atoms with Crippen LogP contribution in [0.4, 0.5) is 34.1 Å². The van der Waals surface area contributed by atoms with E-state index in [2.05, 4.69) is 254 Å². The molecule has 0 N–H and O–H groups in total. The minimum absolute atomic E-state index is 0.137. The second-order valence-electron chi connectivity index (χ2n) is 17.3. The zero-order chi connectivity index (χ0) is 42.1. The molecule has 0 unspecified atom stereocenters. The second-order valence-corrected chi connectivity index (χ2v) is 17.3. The standard InChI is InChI=1S/C61H44N2/c1-61(2)55-25-12-9-20-48(55)49-37-36-47(40-56(49)61)62(45-32-28-43(29-33-45)41-16-5-3-6-17-41)59-39-38-53-51-22-11-14-27-58(51)63(46-34-30-44(31-35-46)42-18-7-4-8-19-42)57-26-13-10-21-50(57)52-23-15-24-54(59)60(52)53/h3-40H,1-2H3. The van der Waals surface area contributed by atoms with Crippen molar-refractivity contribution in [3.8, 4) is 55.6 Å². The minimum atomic E-state index is -0.137. The first-order valence-electron chi connectivity index (χ1n) is 21.9. The lowest BCUT2D eigenvalue weighted by Gasteiger charge is -2.33. The number of fused-ring (bicyclic) bond motifs is 7. The SMILES string of the molecule is CC1(C)c2ccccc2-c2ccc(N(c3ccc(-c4ccccc4)cc3)c3ccc4c5c(cccc35)-c3ccccc3N(c3ccc(-c5ccccc5)cc3)c3ccccc3-4)cc21. The highest BCUT2D eigenvalue weighted by Crippen LogP contribution is 2.54. The number of benzene rings is 10. The van der Waals surface area contributed by atoms with Crippen LogP contribution in [0.25, 0.3) is 66.4 Å². The zero-order valence-corrected chi connectivity index (χ0v) is 35.3. The molecule has 0 aromatic heterocycles. The highest BCUT2D eigenvalue weighted by Gasteiger charge is 2.36. The van der Waals surface area contributed by atoms with Gasteiger partial charge in [0.2, 0.25) is 0 Å². The Labute approximate surface area is 369 Å². The highest BCUT2D eigenvalue weighted by atomic mass is 15.2. The molecule has 298 valence electrons. The van der Waals surface area contributed by atoms with Crippen molar-refractivity contribution in [3.05, 3.63) is 242 Å². The summed E-state index contributed by atoms with van der Waals surface area (Å²) in [5.74, 6) is 0. The van der Waals surface area contributed by atoms with Crippen molar-refractivity contribution >= 4 is 44.9 Å². The monoisotopic (exact) mass is 804 g/mol. The zero-order valence-electron chi connectivity index (χ0n) is 35.3. The molecule has 10 aromatic carbocycles. The summed E-state index contributed by atoms with van der Waals surface area (Å²) in [7, 11) is 0. The summed E-state index contributed by atoms with van der Waals surface area (Å²) < 4.78 is 0. The van der Waals surface area contributed by atoms with Crippen molar-refractivity contribution in [2.45, 2.75) is 19.3 Å². The van der Waals surface area contributed by atoms with Crippen LogP contribution in [-0.4, -0.2) is 0 Å². The van der Waals surface area contributed by atoms with E-state index in [-0.39, 0.29) is 5.41 Å². The van der Waals surface area contributed by atoms with Crippen molar-refractivity contribution in [3.63, 3.8) is 0 Å². The van der Waals surface area contributed by atoms with E-state index in [1.54, 1.807) is 0 Å². The van der Waals surface area contributed by atoms with Gasteiger partial charge in [-0.25, -0.2) is 0 Å². The quantitative estimate of drug-likeness (QED) is 0.165. The number of rotatable bonds is 6. The number of anilines is 6. The molecule has 0 saturated carbocycles. The number of para-hydroxylation sites is 2. The third kappa shape index (κ3) is 5.94. The van der Waals surface area contributed by atoms with Gasteiger partial charge in [0, 0.05) is 39.0 Å². The fourth-order valence-corrected chi connectivity index (χ4v) is 10.4. The van der Waals surface area contributed by atoms with Gasteiger partial charge < -0.3 is 9.80 Å². The van der Waals surface area contributed by atoms with E-state index >= 15 is 0 Å². The third-order valence-electron chi connectivity index (χ3n) is 13.4. The lowest BCUT2D eigenvalue weighted by Crippen LogP contribution is -2.17. The molecule has 0 amide bonds. The van der Waals surface area contributed by atoms with Gasteiger partial charge in [0.15, 0.2) is 0 Å². The van der Waals surface area contributed by atoms with E-state index in [0.29, 0.717) is 0 Å². The summed E-state index contributed by atoms with van der Waals surface area (Å²) >= 11 is 0. The van der Waals surface area contributed by atoms with Gasteiger partial charge in [0.05, 0.1) is 17.1 Å². The topological polar surface area (TPSA) is 6.48 Å². The summed E-state index contributed by atoms with van der Waals surface area (Å²) in [6, 6.07) is 84.8.